The molecule has 1 saturated heterocycles. The number of ether oxygens (including phenoxy) is 1. The molecule has 0 radical (unpaired) electrons. The van der Waals surface area contributed by atoms with Crippen LogP contribution < -0.4 is 5.32 Å². The Morgan fingerprint density at radius 2 is 2.14 bits per heavy atom. The van der Waals surface area contributed by atoms with Gasteiger partial charge in [-0.2, -0.15) is 0 Å². The summed E-state index contributed by atoms with van der Waals surface area (Å²) in [6.07, 6.45) is 0.805. The third-order valence-corrected chi connectivity index (χ3v) is 4.70. The second-order valence-corrected chi connectivity index (χ2v) is 6.63. The fraction of sp³-hybridized carbons (Fsp3) is 0.733. The molecule has 2 heterocycles. The summed E-state index contributed by atoms with van der Waals surface area (Å²) in [5.74, 6) is 0.559. The molecule has 6 heteroatoms. The van der Waals surface area contributed by atoms with E-state index in [1.54, 1.807) is 11.3 Å². The molecule has 1 aliphatic rings. The molecule has 0 saturated carbocycles. The zero-order chi connectivity index (χ0) is 15.2. The number of hydrogen-bond donors (Lipinski definition) is 1. The summed E-state index contributed by atoms with van der Waals surface area (Å²) >= 11 is 1.68. The molecule has 1 fully saturated rings. The number of morpholine rings is 1. The molecule has 118 valence electrons. The molecule has 1 N–H and O–H groups in total. The SMILES string of the molecule is CC(C)c1csc(CCNC(=O)C(C)N2CCOCC2)n1. The van der Waals surface area contributed by atoms with E-state index >= 15 is 0 Å². The van der Waals surface area contributed by atoms with Gasteiger partial charge in [0.2, 0.25) is 5.91 Å². The number of rotatable bonds is 6. The van der Waals surface area contributed by atoms with Crippen LogP contribution in [-0.2, 0) is 16.0 Å². The molecule has 5 nitrogen and oxygen atoms in total. The zero-order valence-corrected chi connectivity index (χ0v) is 13.9. The Balaban J connectivity index is 1.72. The molecule has 1 atom stereocenters. The van der Waals surface area contributed by atoms with Crippen LogP contribution in [0.5, 0.6) is 0 Å². The summed E-state index contributed by atoms with van der Waals surface area (Å²) < 4.78 is 5.31. The summed E-state index contributed by atoms with van der Waals surface area (Å²) in [4.78, 5) is 18.9. The van der Waals surface area contributed by atoms with Gasteiger partial charge in [-0.3, -0.25) is 9.69 Å². The molecule has 0 spiro atoms. The number of nitrogens with zero attached hydrogens (tertiary/aromatic N) is 2. The smallest absolute Gasteiger partial charge is 0.237 e. The number of amides is 1. The van der Waals surface area contributed by atoms with E-state index in [1.807, 2.05) is 6.92 Å². The number of aromatic nitrogens is 1. The average Bonchev–Trinajstić information content (AvgIpc) is 2.96. The lowest BCUT2D eigenvalue weighted by molar-refractivity contribution is -0.127. The van der Waals surface area contributed by atoms with Crippen molar-refractivity contribution in [1.82, 2.24) is 15.2 Å². The number of nitrogens with one attached hydrogen (secondary N) is 1. The van der Waals surface area contributed by atoms with Crippen LogP contribution in [0, 0.1) is 0 Å². The second kappa shape index (κ2) is 7.87. The Hall–Kier alpha value is -0.980. The summed E-state index contributed by atoms with van der Waals surface area (Å²) in [6, 6.07) is -0.0866. The molecular weight excluding hydrogens is 286 g/mol. The number of carbonyl (C=O) groups is 1. The lowest BCUT2D eigenvalue weighted by Gasteiger charge is -2.31. The predicted molar refractivity (Wildman–Crippen MR) is 84.8 cm³/mol. The molecule has 1 amide bonds. The fourth-order valence-corrected chi connectivity index (χ4v) is 3.24. The van der Waals surface area contributed by atoms with Crippen molar-refractivity contribution in [2.24, 2.45) is 0 Å². The minimum absolute atomic E-state index is 0.0866. The van der Waals surface area contributed by atoms with Crippen molar-refractivity contribution in [3.63, 3.8) is 0 Å². The van der Waals surface area contributed by atoms with Crippen LogP contribution in [0.25, 0.3) is 0 Å². The van der Waals surface area contributed by atoms with Gasteiger partial charge in [0.15, 0.2) is 0 Å². The summed E-state index contributed by atoms with van der Waals surface area (Å²) in [7, 11) is 0. The van der Waals surface area contributed by atoms with E-state index in [4.69, 9.17) is 4.74 Å². The van der Waals surface area contributed by atoms with Crippen molar-refractivity contribution in [2.45, 2.75) is 39.2 Å². The van der Waals surface area contributed by atoms with Gasteiger partial charge in [-0.15, -0.1) is 11.3 Å². The highest BCUT2D eigenvalue weighted by Gasteiger charge is 2.22. The molecule has 0 bridgehead atoms. The van der Waals surface area contributed by atoms with Crippen molar-refractivity contribution >= 4 is 17.2 Å². The van der Waals surface area contributed by atoms with E-state index in [0.717, 1.165) is 30.2 Å². The van der Waals surface area contributed by atoms with E-state index < -0.39 is 0 Å². The summed E-state index contributed by atoms with van der Waals surface area (Å²) in [5.41, 5.74) is 1.14. The minimum atomic E-state index is -0.0866. The zero-order valence-electron chi connectivity index (χ0n) is 13.1. The van der Waals surface area contributed by atoms with Gasteiger partial charge in [-0.05, 0) is 12.8 Å². The van der Waals surface area contributed by atoms with Crippen molar-refractivity contribution in [3.05, 3.63) is 16.1 Å². The van der Waals surface area contributed by atoms with Crippen LogP contribution in [0.1, 0.15) is 37.4 Å². The van der Waals surface area contributed by atoms with Gasteiger partial charge in [0.25, 0.3) is 0 Å². The van der Waals surface area contributed by atoms with Crippen LogP contribution in [0.15, 0.2) is 5.38 Å². The van der Waals surface area contributed by atoms with Crippen molar-refractivity contribution in [2.75, 3.05) is 32.8 Å². The fourth-order valence-electron chi connectivity index (χ4n) is 2.28. The lowest BCUT2D eigenvalue weighted by atomic mass is 10.2. The van der Waals surface area contributed by atoms with Crippen molar-refractivity contribution < 1.29 is 9.53 Å². The molecule has 2 rings (SSSR count). The van der Waals surface area contributed by atoms with Crippen LogP contribution >= 0.6 is 11.3 Å². The molecule has 1 aromatic rings. The maximum Gasteiger partial charge on any atom is 0.237 e. The van der Waals surface area contributed by atoms with Crippen LogP contribution in [0.2, 0.25) is 0 Å². The monoisotopic (exact) mass is 311 g/mol. The first-order valence-electron chi connectivity index (χ1n) is 7.61. The quantitative estimate of drug-likeness (QED) is 0.868. The van der Waals surface area contributed by atoms with Gasteiger partial charge < -0.3 is 10.1 Å². The molecule has 21 heavy (non-hydrogen) atoms. The molecule has 1 unspecified atom stereocenters. The van der Waals surface area contributed by atoms with Gasteiger partial charge in [0.05, 0.1) is 30.0 Å². The maximum absolute atomic E-state index is 12.1. The first-order chi connectivity index (χ1) is 10.1. The minimum Gasteiger partial charge on any atom is -0.379 e. The van der Waals surface area contributed by atoms with Crippen molar-refractivity contribution in [3.8, 4) is 0 Å². The van der Waals surface area contributed by atoms with E-state index in [0.29, 0.717) is 25.7 Å². The Kier molecular flexibility index (Phi) is 6.14. The molecular formula is C15H25N3O2S. The molecule has 0 aliphatic carbocycles. The first kappa shape index (κ1) is 16.4. The van der Waals surface area contributed by atoms with Gasteiger partial charge in [0.1, 0.15) is 0 Å². The average molecular weight is 311 g/mol. The maximum atomic E-state index is 12.1. The standard InChI is InChI=1S/C15H25N3O2S/c1-11(2)13-10-21-14(17-13)4-5-16-15(19)12(3)18-6-8-20-9-7-18/h10-12H,4-9H2,1-3H3,(H,16,19). The number of hydrogen-bond acceptors (Lipinski definition) is 5. The number of carbonyl (C=O) groups excluding carboxylic acids is 1. The van der Waals surface area contributed by atoms with E-state index in [-0.39, 0.29) is 11.9 Å². The summed E-state index contributed by atoms with van der Waals surface area (Å²) in [6.45, 7) is 10.00. The third kappa shape index (κ3) is 4.76. The van der Waals surface area contributed by atoms with Crippen LogP contribution in [-0.4, -0.2) is 54.7 Å². The Morgan fingerprint density at radius 1 is 1.43 bits per heavy atom. The van der Waals surface area contributed by atoms with Crippen LogP contribution in [0.3, 0.4) is 0 Å². The largest absolute Gasteiger partial charge is 0.379 e. The molecule has 1 aromatic heterocycles. The lowest BCUT2D eigenvalue weighted by Crippen LogP contribution is -2.49. The summed E-state index contributed by atoms with van der Waals surface area (Å²) in [5, 5.41) is 6.22. The van der Waals surface area contributed by atoms with Crippen LogP contribution in [0.4, 0.5) is 0 Å². The Bertz CT molecular complexity index is 456. The van der Waals surface area contributed by atoms with Gasteiger partial charge in [-0.25, -0.2) is 4.98 Å². The molecule has 0 aromatic carbocycles. The van der Waals surface area contributed by atoms with E-state index in [9.17, 15) is 4.79 Å². The van der Waals surface area contributed by atoms with Gasteiger partial charge >= 0.3 is 0 Å². The van der Waals surface area contributed by atoms with Gasteiger partial charge in [0, 0.05) is 31.4 Å². The predicted octanol–water partition coefficient (Wildman–Crippen LogP) is 1.65. The molecule has 1 aliphatic heterocycles. The second-order valence-electron chi connectivity index (χ2n) is 5.69. The van der Waals surface area contributed by atoms with E-state index in [2.05, 4.69) is 34.4 Å². The first-order valence-corrected chi connectivity index (χ1v) is 8.49. The topological polar surface area (TPSA) is 54.5 Å². The van der Waals surface area contributed by atoms with Gasteiger partial charge in [-0.1, -0.05) is 13.8 Å². The highest BCUT2D eigenvalue weighted by atomic mass is 32.1. The highest BCUT2D eigenvalue weighted by molar-refractivity contribution is 7.09. The Labute approximate surface area is 130 Å². The highest BCUT2D eigenvalue weighted by Crippen LogP contribution is 2.17. The Morgan fingerprint density at radius 3 is 2.76 bits per heavy atom. The normalized spacial score (nSPS) is 17.9. The van der Waals surface area contributed by atoms with E-state index in [1.165, 1.54) is 0 Å². The van der Waals surface area contributed by atoms with Crippen molar-refractivity contribution in [1.29, 1.82) is 0 Å². The number of thiazole rings is 1. The third-order valence-electron chi connectivity index (χ3n) is 3.77.